The lowest BCUT2D eigenvalue weighted by atomic mass is 10.0. The van der Waals surface area contributed by atoms with Crippen LogP contribution in [0.5, 0.6) is 0 Å². The van der Waals surface area contributed by atoms with Gasteiger partial charge in [0.05, 0.1) is 6.26 Å². The monoisotopic (exact) mass is 410 g/mol. The Bertz CT molecular complexity index is 1020. The lowest BCUT2D eigenvalue weighted by Gasteiger charge is -2.21. The lowest BCUT2D eigenvalue weighted by molar-refractivity contribution is -0.116. The third kappa shape index (κ3) is 5.56. The van der Waals surface area contributed by atoms with E-state index in [-0.39, 0.29) is 23.8 Å². The second-order valence-electron chi connectivity index (χ2n) is 8.07. The summed E-state index contributed by atoms with van der Waals surface area (Å²) < 4.78 is 10.4. The molecule has 0 aliphatic heterocycles. The molecule has 1 aromatic carbocycles. The Kier molecular flexibility index (Phi) is 6.34. The average molecular weight is 410 g/mol. The number of nitrogens with zero attached hydrogens (tertiary/aromatic N) is 2. The van der Waals surface area contributed by atoms with Gasteiger partial charge in [-0.25, -0.2) is 0 Å². The van der Waals surface area contributed by atoms with Gasteiger partial charge >= 0.3 is 0 Å². The molecule has 0 saturated carbocycles. The summed E-state index contributed by atoms with van der Waals surface area (Å²) in [5.74, 6) is 1.07. The van der Waals surface area contributed by atoms with Crippen molar-refractivity contribution in [3.8, 4) is 11.6 Å². The number of amides is 2. The van der Waals surface area contributed by atoms with Gasteiger partial charge in [0.1, 0.15) is 0 Å². The number of carbonyl (C=O) groups excluding carboxylic acids is 2. The maximum absolute atomic E-state index is 12.5. The summed E-state index contributed by atoms with van der Waals surface area (Å²) in [6, 6.07) is 8.79. The van der Waals surface area contributed by atoms with E-state index in [9.17, 15) is 9.59 Å². The molecule has 0 spiro atoms. The molecule has 158 valence electrons. The lowest BCUT2D eigenvalue weighted by Crippen LogP contribution is -2.40. The van der Waals surface area contributed by atoms with Crippen molar-refractivity contribution in [2.45, 2.75) is 52.5 Å². The number of anilines is 1. The molecular weight excluding hydrogens is 384 g/mol. The number of rotatable bonds is 7. The number of nitrogens with one attached hydrogen (secondary N) is 2. The highest BCUT2D eigenvalue weighted by Gasteiger charge is 2.18. The Balaban J connectivity index is 1.54. The molecule has 8 heteroatoms. The fourth-order valence-electron chi connectivity index (χ4n) is 2.90. The van der Waals surface area contributed by atoms with Gasteiger partial charge in [0.15, 0.2) is 5.76 Å². The first-order valence-corrected chi connectivity index (χ1v) is 9.81. The summed E-state index contributed by atoms with van der Waals surface area (Å²) in [6.45, 7) is 7.59. The predicted molar refractivity (Wildman–Crippen MR) is 112 cm³/mol. The standard InChI is InChI=1S/C22H26N4O4/c1-14-15(21(28)25-22(2,3)4)8-5-9-16(14)23-18(27)11-6-12-19-24-20(26-30-19)17-10-7-13-29-17/h5,7-10,13H,6,11-12H2,1-4H3,(H,23,27)(H,25,28). The van der Waals surface area contributed by atoms with Crippen LogP contribution in [-0.2, 0) is 11.2 Å². The van der Waals surface area contributed by atoms with Crippen molar-refractivity contribution in [3.05, 3.63) is 53.6 Å². The summed E-state index contributed by atoms with van der Waals surface area (Å²) in [5.41, 5.74) is 1.56. The van der Waals surface area contributed by atoms with Crippen LogP contribution in [0.25, 0.3) is 11.6 Å². The fourth-order valence-corrected chi connectivity index (χ4v) is 2.90. The van der Waals surface area contributed by atoms with Crippen LogP contribution in [0.1, 0.15) is 55.4 Å². The summed E-state index contributed by atoms with van der Waals surface area (Å²) >= 11 is 0. The van der Waals surface area contributed by atoms with Crippen molar-refractivity contribution in [1.29, 1.82) is 0 Å². The molecule has 30 heavy (non-hydrogen) atoms. The molecule has 0 unspecified atom stereocenters. The molecule has 0 aliphatic rings. The first-order chi connectivity index (χ1) is 14.2. The Morgan fingerprint density at radius 1 is 1.13 bits per heavy atom. The minimum Gasteiger partial charge on any atom is -0.461 e. The van der Waals surface area contributed by atoms with Crippen LogP contribution in [0.15, 0.2) is 45.5 Å². The fraction of sp³-hybridized carbons (Fsp3) is 0.364. The van der Waals surface area contributed by atoms with Crippen molar-refractivity contribution in [3.63, 3.8) is 0 Å². The van der Waals surface area contributed by atoms with Crippen molar-refractivity contribution in [1.82, 2.24) is 15.5 Å². The molecule has 0 saturated heterocycles. The Labute approximate surface area is 175 Å². The first kappa shape index (κ1) is 21.3. The van der Waals surface area contributed by atoms with E-state index >= 15 is 0 Å². The molecular formula is C22H26N4O4. The molecule has 2 heterocycles. The van der Waals surface area contributed by atoms with Gasteiger partial charge in [-0.1, -0.05) is 11.2 Å². The van der Waals surface area contributed by atoms with E-state index < -0.39 is 0 Å². The summed E-state index contributed by atoms with van der Waals surface area (Å²) in [4.78, 5) is 29.1. The molecule has 0 aliphatic carbocycles. The smallest absolute Gasteiger partial charge is 0.252 e. The van der Waals surface area contributed by atoms with Crippen LogP contribution < -0.4 is 10.6 Å². The van der Waals surface area contributed by atoms with Gasteiger partial charge in [-0.3, -0.25) is 9.59 Å². The number of benzene rings is 1. The molecule has 3 rings (SSSR count). The second kappa shape index (κ2) is 8.94. The number of aryl methyl sites for hydroxylation is 1. The van der Waals surface area contributed by atoms with Crippen LogP contribution in [0.3, 0.4) is 0 Å². The van der Waals surface area contributed by atoms with E-state index in [1.54, 1.807) is 36.6 Å². The maximum atomic E-state index is 12.5. The topological polar surface area (TPSA) is 110 Å². The van der Waals surface area contributed by atoms with E-state index in [0.29, 0.717) is 41.6 Å². The van der Waals surface area contributed by atoms with E-state index in [1.165, 1.54) is 0 Å². The van der Waals surface area contributed by atoms with Crippen LogP contribution in [0.2, 0.25) is 0 Å². The second-order valence-corrected chi connectivity index (χ2v) is 8.07. The normalized spacial score (nSPS) is 11.3. The van der Waals surface area contributed by atoms with E-state index in [1.807, 2.05) is 27.7 Å². The van der Waals surface area contributed by atoms with Gasteiger partial charge in [-0.15, -0.1) is 0 Å². The molecule has 2 amide bonds. The van der Waals surface area contributed by atoms with E-state index in [2.05, 4.69) is 20.8 Å². The molecule has 0 radical (unpaired) electrons. The highest BCUT2D eigenvalue weighted by molar-refractivity contribution is 5.99. The number of aromatic nitrogens is 2. The number of carbonyl (C=O) groups is 2. The summed E-state index contributed by atoms with van der Waals surface area (Å²) in [6.07, 6.45) is 2.86. The molecule has 3 aromatic rings. The summed E-state index contributed by atoms with van der Waals surface area (Å²) in [7, 11) is 0. The van der Waals surface area contributed by atoms with Gasteiger partial charge in [-0.2, -0.15) is 4.98 Å². The Hall–Kier alpha value is -3.42. The van der Waals surface area contributed by atoms with Crippen LogP contribution in [0, 0.1) is 6.92 Å². The van der Waals surface area contributed by atoms with E-state index in [4.69, 9.17) is 8.94 Å². The van der Waals surface area contributed by atoms with Crippen molar-refractivity contribution in [2.24, 2.45) is 0 Å². The number of hydrogen-bond acceptors (Lipinski definition) is 6. The van der Waals surface area contributed by atoms with Crippen molar-refractivity contribution < 1.29 is 18.5 Å². The minimum absolute atomic E-state index is 0.141. The molecule has 2 N–H and O–H groups in total. The largest absolute Gasteiger partial charge is 0.461 e. The zero-order valence-corrected chi connectivity index (χ0v) is 17.6. The van der Waals surface area contributed by atoms with Gasteiger partial charge < -0.3 is 19.6 Å². The molecule has 0 fully saturated rings. The highest BCUT2D eigenvalue weighted by atomic mass is 16.5. The highest BCUT2D eigenvalue weighted by Crippen LogP contribution is 2.21. The third-order valence-corrected chi connectivity index (χ3v) is 4.35. The number of hydrogen-bond donors (Lipinski definition) is 2. The van der Waals surface area contributed by atoms with Crippen molar-refractivity contribution in [2.75, 3.05) is 5.32 Å². The van der Waals surface area contributed by atoms with Gasteiger partial charge in [0, 0.05) is 29.6 Å². The molecule has 8 nitrogen and oxygen atoms in total. The predicted octanol–water partition coefficient (Wildman–Crippen LogP) is 4.13. The van der Waals surface area contributed by atoms with Crippen LogP contribution in [0.4, 0.5) is 5.69 Å². The van der Waals surface area contributed by atoms with Crippen LogP contribution >= 0.6 is 0 Å². The quantitative estimate of drug-likeness (QED) is 0.606. The zero-order chi connectivity index (χ0) is 21.7. The van der Waals surface area contributed by atoms with Gasteiger partial charge in [0.25, 0.3) is 5.91 Å². The maximum Gasteiger partial charge on any atom is 0.252 e. The summed E-state index contributed by atoms with van der Waals surface area (Å²) in [5, 5.41) is 9.69. The SMILES string of the molecule is Cc1c(NC(=O)CCCc2nc(-c3ccco3)no2)cccc1C(=O)NC(C)(C)C. The third-order valence-electron chi connectivity index (χ3n) is 4.35. The van der Waals surface area contributed by atoms with Gasteiger partial charge in [0.2, 0.25) is 17.6 Å². The molecule has 0 bridgehead atoms. The first-order valence-electron chi connectivity index (χ1n) is 9.81. The Morgan fingerprint density at radius 2 is 1.93 bits per heavy atom. The number of furan rings is 1. The van der Waals surface area contributed by atoms with Crippen LogP contribution in [-0.4, -0.2) is 27.5 Å². The minimum atomic E-state index is -0.339. The van der Waals surface area contributed by atoms with Gasteiger partial charge in [-0.05, 0) is 63.9 Å². The van der Waals surface area contributed by atoms with E-state index in [0.717, 1.165) is 5.56 Å². The zero-order valence-electron chi connectivity index (χ0n) is 17.6. The van der Waals surface area contributed by atoms with Crippen molar-refractivity contribution >= 4 is 17.5 Å². The average Bonchev–Trinajstić information content (AvgIpc) is 3.33. The molecule has 2 aromatic heterocycles. The Morgan fingerprint density at radius 3 is 2.63 bits per heavy atom. The molecule has 0 atom stereocenters.